The summed E-state index contributed by atoms with van der Waals surface area (Å²) in [5.74, 6) is 0.571. The zero-order chi connectivity index (χ0) is 19.2. The second-order valence-electron chi connectivity index (χ2n) is 5.81. The van der Waals surface area contributed by atoms with Crippen LogP contribution >= 0.6 is 0 Å². The molecule has 2 aromatic carbocycles. The van der Waals surface area contributed by atoms with Crippen LogP contribution in [0, 0.1) is 0 Å². The van der Waals surface area contributed by atoms with E-state index in [2.05, 4.69) is 20.7 Å². The number of nitrogens with zero attached hydrogens (tertiary/aromatic N) is 2. The van der Waals surface area contributed by atoms with Crippen molar-refractivity contribution in [3.05, 3.63) is 65.9 Å². The van der Waals surface area contributed by atoms with Crippen LogP contribution in [0.25, 0.3) is 11.3 Å². The Labute approximate surface area is 156 Å². The number of aromatic hydroxyl groups is 1. The van der Waals surface area contributed by atoms with Crippen molar-refractivity contribution in [2.24, 2.45) is 5.10 Å². The van der Waals surface area contributed by atoms with Gasteiger partial charge >= 0.3 is 0 Å². The van der Waals surface area contributed by atoms with Crippen LogP contribution in [0.4, 0.5) is 0 Å². The van der Waals surface area contributed by atoms with Crippen molar-refractivity contribution in [2.45, 2.75) is 13.8 Å². The largest absolute Gasteiger partial charge is 0.508 e. The van der Waals surface area contributed by atoms with E-state index in [0.717, 1.165) is 16.9 Å². The second kappa shape index (κ2) is 8.18. The number of H-pyrrole nitrogens is 1. The third kappa shape index (κ3) is 4.52. The number of rotatable bonds is 6. The number of phenols is 1. The third-order valence-corrected chi connectivity index (χ3v) is 3.89. The quantitative estimate of drug-likeness (QED) is 0.461. The Hall–Kier alpha value is -3.61. The average Bonchev–Trinajstić information content (AvgIpc) is 3.17. The summed E-state index contributed by atoms with van der Waals surface area (Å²) in [5, 5.41) is 20.3. The van der Waals surface area contributed by atoms with Gasteiger partial charge in [0.2, 0.25) is 0 Å². The first-order chi connectivity index (χ1) is 13.1. The molecule has 0 saturated heterocycles. The lowest BCUT2D eigenvalue weighted by Gasteiger charge is -2.03. The maximum atomic E-state index is 12.3. The summed E-state index contributed by atoms with van der Waals surface area (Å²) in [6.45, 7) is 4.31. The monoisotopic (exact) mass is 364 g/mol. The minimum atomic E-state index is -0.391. The number of aromatic amines is 1. The number of carbonyl (C=O) groups is 1. The van der Waals surface area contributed by atoms with E-state index in [4.69, 9.17) is 4.74 Å². The number of aromatic nitrogens is 2. The molecule has 1 amide bonds. The average molecular weight is 364 g/mol. The van der Waals surface area contributed by atoms with Crippen LogP contribution < -0.4 is 10.2 Å². The number of ether oxygens (including phenoxy) is 1. The molecule has 0 aliphatic heterocycles. The molecule has 0 radical (unpaired) electrons. The summed E-state index contributed by atoms with van der Waals surface area (Å²) in [7, 11) is 0. The van der Waals surface area contributed by atoms with Crippen molar-refractivity contribution in [2.75, 3.05) is 6.61 Å². The SMILES string of the molecule is CCOc1ccc(-c2cc(C(=O)N/N=C(\C)c3ccc(O)cc3)[nH]n2)cc1. The number of nitrogens with one attached hydrogen (secondary N) is 2. The van der Waals surface area contributed by atoms with Crippen molar-refractivity contribution in [1.29, 1.82) is 0 Å². The molecule has 0 aliphatic carbocycles. The Morgan fingerprint density at radius 3 is 2.56 bits per heavy atom. The molecule has 1 heterocycles. The smallest absolute Gasteiger partial charge is 0.289 e. The van der Waals surface area contributed by atoms with Gasteiger partial charge in [0.1, 0.15) is 17.2 Å². The number of amides is 1. The number of phenolic OH excluding ortho intramolecular Hbond substituents is 1. The highest BCUT2D eigenvalue weighted by Crippen LogP contribution is 2.21. The summed E-state index contributed by atoms with van der Waals surface area (Å²) in [6, 6.07) is 15.7. The summed E-state index contributed by atoms with van der Waals surface area (Å²) < 4.78 is 5.42. The van der Waals surface area contributed by atoms with Gasteiger partial charge in [-0.25, -0.2) is 5.43 Å². The fraction of sp³-hybridized carbons (Fsp3) is 0.150. The van der Waals surface area contributed by atoms with Crippen LogP contribution in [0.5, 0.6) is 11.5 Å². The van der Waals surface area contributed by atoms with Gasteiger partial charge in [-0.05, 0) is 74.0 Å². The van der Waals surface area contributed by atoms with E-state index in [-0.39, 0.29) is 5.75 Å². The molecule has 0 fully saturated rings. The molecule has 0 aliphatic rings. The van der Waals surface area contributed by atoms with Crippen molar-refractivity contribution >= 4 is 11.6 Å². The summed E-state index contributed by atoms with van der Waals surface area (Å²) in [6.07, 6.45) is 0. The summed E-state index contributed by atoms with van der Waals surface area (Å²) in [5.41, 5.74) is 5.75. The predicted molar refractivity (Wildman–Crippen MR) is 103 cm³/mol. The van der Waals surface area contributed by atoms with Gasteiger partial charge in [0.05, 0.1) is 18.0 Å². The van der Waals surface area contributed by atoms with E-state index in [1.165, 1.54) is 0 Å². The molecule has 3 N–H and O–H groups in total. The predicted octanol–water partition coefficient (Wildman–Crippen LogP) is 3.34. The first-order valence-electron chi connectivity index (χ1n) is 8.49. The maximum absolute atomic E-state index is 12.3. The van der Waals surface area contributed by atoms with Crippen LogP contribution in [0.1, 0.15) is 29.9 Å². The Morgan fingerprint density at radius 2 is 1.89 bits per heavy atom. The van der Waals surface area contributed by atoms with Gasteiger partial charge in [-0.3, -0.25) is 9.89 Å². The van der Waals surface area contributed by atoms with Crippen molar-refractivity contribution in [3.8, 4) is 22.8 Å². The lowest BCUT2D eigenvalue weighted by atomic mass is 10.1. The highest BCUT2D eigenvalue weighted by atomic mass is 16.5. The van der Waals surface area contributed by atoms with E-state index < -0.39 is 5.91 Å². The van der Waals surface area contributed by atoms with Crippen LogP contribution in [-0.4, -0.2) is 33.5 Å². The first kappa shape index (κ1) is 18.2. The van der Waals surface area contributed by atoms with Gasteiger partial charge < -0.3 is 9.84 Å². The number of hydrogen-bond donors (Lipinski definition) is 3. The molecule has 0 spiro atoms. The standard InChI is InChI=1S/C20H20N4O3/c1-3-27-17-10-6-15(7-11-17)18-12-19(23-22-18)20(26)24-21-13(2)14-4-8-16(25)9-5-14/h4-12,25H,3H2,1-2H3,(H,22,23)(H,24,26)/b21-13+. The minimum absolute atomic E-state index is 0.176. The molecule has 0 saturated carbocycles. The molecule has 0 atom stereocenters. The number of hydrazone groups is 1. The molecular weight excluding hydrogens is 344 g/mol. The Morgan fingerprint density at radius 1 is 1.19 bits per heavy atom. The summed E-state index contributed by atoms with van der Waals surface area (Å²) in [4.78, 5) is 12.3. The molecule has 27 heavy (non-hydrogen) atoms. The van der Waals surface area contributed by atoms with Gasteiger partial charge in [-0.1, -0.05) is 0 Å². The molecule has 7 nitrogen and oxygen atoms in total. The fourth-order valence-corrected chi connectivity index (χ4v) is 2.44. The van der Waals surface area contributed by atoms with E-state index in [1.54, 1.807) is 37.3 Å². The van der Waals surface area contributed by atoms with Gasteiger partial charge in [-0.15, -0.1) is 0 Å². The fourth-order valence-electron chi connectivity index (χ4n) is 2.44. The molecule has 3 rings (SSSR count). The van der Waals surface area contributed by atoms with E-state index in [9.17, 15) is 9.90 Å². The number of benzene rings is 2. The molecule has 0 unspecified atom stereocenters. The van der Waals surface area contributed by atoms with Crippen molar-refractivity contribution < 1.29 is 14.6 Å². The molecule has 3 aromatic rings. The minimum Gasteiger partial charge on any atom is -0.508 e. The van der Waals surface area contributed by atoms with Gasteiger partial charge in [-0.2, -0.15) is 10.2 Å². The van der Waals surface area contributed by atoms with Crippen molar-refractivity contribution in [3.63, 3.8) is 0 Å². The highest BCUT2D eigenvalue weighted by Gasteiger charge is 2.11. The normalized spacial score (nSPS) is 11.3. The molecule has 0 bridgehead atoms. The van der Waals surface area contributed by atoms with E-state index in [0.29, 0.717) is 23.7 Å². The molecule has 7 heteroatoms. The van der Waals surface area contributed by atoms with Crippen molar-refractivity contribution in [1.82, 2.24) is 15.6 Å². The topological polar surface area (TPSA) is 99.6 Å². The molecule has 138 valence electrons. The molecule has 1 aromatic heterocycles. The lowest BCUT2D eigenvalue weighted by molar-refractivity contribution is 0.0950. The van der Waals surface area contributed by atoms with Crippen LogP contribution in [-0.2, 0) is 0 Å². The van der Waals surface area contributed by atoms with Crippen LogP contribution in [0.2, 0.25) is 0 Å². The lowest BCUT2D eigenvalue weighted by Crippen LogP contribution is -2.19. The van der Waals surface area contributed by atoms with Crippen LogP contribution in [0.15, 0.2) is 59.7 Å². The van der Waals surface area contributed by atoms with E-state index >= 15 is 0 Å². The van der Waals surface area contributed by atoms with Gasteiger partial charge in [0.15, 0.2) is 0 Å². The van der Waals surface area contributed by atoms with E-state index in [1.807, 2.05) is 31.2 Å². The number of hydrogen-bond acceptors (Lipinski definition) is 5. The van der Waals surface area contributed by atoms with Crippen LogP contribution in [0.3, 0.4) is 0 Å². The third-order valence-electron chi connectivity index (χ3n) is 3.89. The van der Waals surface area contributed by atoms with Gasteiger partial charge in [0, 0.05) is 5.56 Å². The molecular formula is C20H20N4O3. The maximum Gasteiger partial charge on any atom is 0.289 e. The highest BCUT2D eigenvalue weighted by molar-refractivity contribution is 6.00. The first-order valence-corrected chi connectivity index (χ1v) is 8.49. The Balaban J connectivity index is 1.67. The zero-order valence-electron chi connectivity index (χ0n) is 15.1. The Bertz CT molecular complexity index is 944. The van der Waals surface area contributed by atoms with Gasteiger partial charge in [0.25, 0.3) is 5.91 Å². The Kier molecular flexibility index (Phi) is 5.51. The summed E-state index contributed by atoms with van der Waals surface area (Å²) >= 11 is 0. The second-order valence-corrected chi connectivity index (χ2v) is 5.81. The number of carbonyl (C=O) groups excluding carboxylic acids is 1. The zero-order valence-corrected chi connectivity index (χ0v) is 15.1.